The van der Waals surface area contributed by atoms with Crippen molar-refractivity contribution in [3.8, 4) is 0 Å². The van der Waals surface area contributed by atoms with E-state index in [0.29, 0.717) is 24.1 Å². The molecular weight excluding hydrogens is 250 g/mol. The van der Waals surface area contributed by atoms with E-state index in [1.165, 1.54) is 0 Å². The molecule has 0 radical (unpaired) electrons. The molecule has 98 valence electrons. The first kappa shape index (κ1) is 12.8. The molecule has 0 spiro atoms. The SMILES string of the molecule is Cc1ccn(CCC(=O)NNC(=S)NC2CC2)n1. The lowest BCUT2D eigenvalue weighted by Crippen LogP contribution is -2.47. The summed E-state index contributed by atoms with van der Waals surface area (Å²) in [5.74, 6) is -0.108. The first-order valence-electron chi connectivity index (χ1n) is 5.99. The monoisotopic (exact) mass is 267 g/mol. The Kier molecular flexibility index (Phi) is 4.14. The van der Waals surface area contributed by atoms with Crippen LogP contribution in [0.2, 0.25) is 0 Å². The lowest BCUT2D eigenvalue weighted by atomic mass is 10.4. The molecule has 1 heterocycles. The molecule has 7 heteroatoms. The van der Waals surface area contributed by atoms with Crippen LogP contribution in [0.3, 0.4) is 0 Å². The summed E-state index contributed by atoms with van der Waals surface area (Å²) < 4.78 is 1.75. The molecule has 0 saturated heterocycles. The van der Waals surface area contributed by atoms with E-state index in [1.54, 1.807) is 4.68 Å². The number of amides is 1. The van der Waals surface area contributed by atoms with Crippen molar-refractivity contribution < 1.29 is 4.79 Å². The lowest BCUT2D eigenvalue weighted by molar-refractivity contribution is -0.121. The van der Waals surface area contributed by atoms with Gasteiger partial charge in [0, 0.05) is 25.2 Å². The van der Waals surface area contributed by atoms with Gasteiger partial charge in [0.2, 0.25) is 5.91 Å². The molecule has 0 unspecified atom stereocenters. The Hall–Kier alpha value is -1.63. The average Bonchev–Trinajstić information content (AvgIpc) is 3.04. The predicted octanol–water partition coefficient (Wildman–Crippen LogP) is 0.239. The third-order valence-corrected chi connectivity index (χ3v) is 2.79. The Morgan fingerprint density at radius 3 is 2.94 bits per heavy atom. The van der Waals surface area contributed by atoms with Crippen molar-refractivity contribution in [1.82, 2.24) is 25.9 Å². The molecule has 2 rings (SSSR count). The van der Waals surface area contributed by atoms with Crippen molar-refractivity contribution in [3.63, 3.8) is 0 Å². The number of carbonyl (C=O) groups is 1. The Bertz CT molecular complexity index is 440. The summed E-state index contributed by atoms with van der Waals surface area (Å²) in [5, 5.41) is 7.75. The molecule has 3 N–H and O–H groups in total. The van der Waals surface area contributed by atoms with Crippen LogP contribution in [-0.2, 0) is 11.3 Å². The molecule has 1 aliphatic rings. The summed E-state index contributed by atoms with van der Waals surface area (Å²) in [7, 11) is 0. The Balaban J connectivity index is 1.61. The number of hydrazine groups is 1. The Morgan fingerprint density at radius 1 is 1.56 bits per heavy atom. The second kappa shape index (κ2) is 5.81. The standard InChI is InChI=1S/C11H17N5OS/c1-8-4-6-16(15-8)7-5-10(17)13-14-11(18)12-9-2-3-9/h4,6,9H,2-3,5,7H2,1H3,(H,13,17)(H2,12,14,18). The second-order valence-electron chi connectivity index (χ2n) is 4.39. The van der Waals surface area contributed by atoms with Crippen LogP contribution in [0.15, 0.2) is 12.3 Å². The molecule has 0 aromatic carbocycles. The van der Waals surface area contributed by atoms with Crippen LogP contribution >= 0.6 is 12.2 Å². The van der Waals surface area contributed by atoms with Gasteiger partial charge in [0.05, 0.1) is 5.69 Å². The van der Waals surface area contributed by atoms with Gasteiger partial charge < -0.3 is 5.32 Å². The lowest BCUT2D eigenvalue weighted by Gasteiger charge is -2.10. The molecule has 0 bridgehead atoms. The van der Waals surface area contributed by atoms with Crippen molar-refractivity contribution >= 4 is 23.2 Å². The summed E-state index contributed by atoms with van der Waals surface area (Å²) in [6, 6.07) is 2.39. The van der Waals surface area contributed by atoms with Crippen LogP contribution < -0.4 is 16.2 Å². The zero-order valence-electron chi connectivity index (χ0n) is 10.3. The van der Waals surface area contributed by atoms with E-state index in [2.05, 4.69) is 21.3 Å². The van der Waals surface area contributed by atoms with Gasteiger partial charge in [-0.15, -0.1) is 0 Å². The maximum absolute atomic E-state index is 11.5. The normalized spacial score (nSPS) is 14.1. The van der Waals surface area contributed by atoms with E-state index in [-0.39, 0.29) is 5.91 Å². The molecule has 1 amide bonds. The number of aryl methyl sites for hydroxylation is 2. The van der Waals surface area contributed by atoms with Crippen LogP contribution in [0, 0.1) is 6.92 Å². The minimum Gasteiger partial charge on any atom is -0.359 e. The molecule has 6 nitrogen and oxygen atoms in total. The molecule has 0 aliphatic heterocycles. The van der Waals surface area contributed by atoms with E-state index >= 15 is 0 Å². The van der Waals surface area contributed by atoms with Crippen LogP contribution in [0.5, 0.6) is 0 Å². The number of hydrogen-bond donors (Lipinski definition) is 3. The molecule has 1 saturated carbocycles. The summed E-state index contributed by atoms with van der Waals surface area (Å²) >= 11 is 5.02. The minimum absolute atomic E-state index is 0.108. The maximum atomic E-state index is 11.5. The fourth-order valence-electron chi connectivity index (χ4n) is 1.44. The Labute approximate surface area is 111 Å². The van der Waals surface area contributed by atoms with Gasteiger partial charge in [-0.2, -0.15) is 5.10 Å². The fourth-order valence-corrected chi connectivity index (χ4v) is 1.66. The number of hydrogen-bond acceptors (Lipinski definition) is 3. The summed E-state index contributed by atoms with van der Waals surface area (Å²) in [6.07, 6.45) is 4.51. The Morgan fingerprint density at radius 2 is 2.33 bits per heavy atom. The van der Waals surface area contributed by atoms with Gasteiger partial charge in [-0.3, -0.25) is 20.3 Å². The van der Waals surface area contributed by atoms with Gasteiger partial charge in [0.1, 0.15) is 0 Å². The number of rotatable bonds is 4. The number of thiocarbonyl (C=S) groups is 1. The second-order valence-corrected chi connectivity index (χ2v) is 4.80. The van der Waals surface area contributed by atoms with E-state index in [0.717, 1.165) is 18.5 Å². The van der Waals surface area contributed by atoms with Crippen LogP contribution in [0.25, 0.3) is 0 Å². The average molecular weight is 267 g/mol. The topological polar surface area (TPSA) is 71.0 Å². The fraction of sp³-hybridized carbons (Fsp3) is 0.545. The highest BCUT2D eigenvalue weighted by molar-refractivity contribution is 7.80. The predicted molar refractivity (Wildman–Crippen MR) is 71.6 cm³/mol. The summed E-state index contributed by atoms with van der Waals surface area (Å²) in [6.45, 7) is 2.48. The molecule has 0 atom stereocenters. The molecule has 18 heavy (non-hydrogen) atoms. The van der Waals surface area contributed by atoms with Gasteiger partial charge in [0.15, 0.2) is 5.11 Å². The van der Waals surface area contributed by atoms with Crippen molar-refractivity contribution in [3.05, 3.63) is 18.0 Å². The van der Waals surface area contributed by atoms with Crippen LogP contribution in [0.1, 0.15) is 25.0 Å². The molecule has 1 aromatic rings. The number of nitrogens with one attached hydrogen (secondary N) is 3. The van der Waals surface area contributed by atoms with Gasteiger partial charge in [-0.05, 0) is 38.0 Å². The van der Waals surface area contributed by atoms with E-state index in [4.69, 9.17) is 12.2 Å². The van der Waals surface area contributed by atoms with Gasteiger partial charge in [0.25, 0.3) is 0 Å². The first-order valence-corrected chi connectivity index (χ1v) is 6.40. The quantitative estimate of drug-likeness (QED) is 0.538. The first-order chi connectivity index (χ1) is 8.63. The van der Waals surface area contributed by atoms with Crippen molar-refractivity contribution in [2.45, 2.75) is 38.8 Å². The third-order valence-electron chi connectivity index (χ3n) is 2.57. The largest absolute Gasteiger partial charge is 0.359 e. The minimum atomic E-state index is -0.108. The van der Waals surface area contributed by atoms with Crippen LogP contribution in [0.4, 0.5) is 0 Å². The number of carbonyl (C=O) groups excluding carboxylic acids is 1. The number of aromatic nitrogens is 2. The summed E-state index contributed by atoms with van der Waals surface area (Å²) in [5.41, 5.74) is 6.19. The molecule has 1 fully saturated rings. The zero-order chi connectivity index (χ0) is 13.0. The highest BCUT2D eigenvalue weighted by Gasteiger charge is 2.21. The van der Waals surface area contributed by atoms with E-state index in [9.17, 15) is 4.79 Å². The van der Waals surface area contributed by atoms with Crippen molar-refractivity contribution in [1.29, 1.82) is 0 Å². The highest BCUT2D eigenvalue weighted by atomic mass is 32.1. The molecular formula is C11H17N5OS. The molecule has 1 aliphatic carbocycles. The van der Waals surface area contributed by atoms with Crippen molar-refractivity contribution in [2.24, 2.45) is 0 Å². The van der Waals surface area contributed by atoms with Crippen molar-refractivity contribution in [2.75, 3.05) is 0 Å². The van der Waals surface area contributed by atoms with Gasteiger partial charge >= 0.3 is 0 Å². The smallest absolute Gasteiger partial charge is 0.240 e. The van der Waals surface area contributed by atoms with Crippen LogP contribution in [-0.4, -0.2) is 26.8 Å². The molecule has 1 aromatic heterocycles. The van der Waals surface area contributed by atoms with Gasteiger partial charge in [-0.1, -0.05) is 0 Å². The third kappa shape index (κ3) is 4.33. The summed E-state index contributed by atoms with van der Waals surface area (Å²) in [4.78, 5) is 11.5. The number of nitrogens with zero attached hydrogens (tertiary/aromatic N) is 2. The highest BCUT2D eigenvalue weighted by Crippen LogP contribution is 2.18. The van der Waals surface area contributed by atoms with E-state index < -0.39 is 0 Å². The zero-order valence-corrected chi connectivity index (χ0v) is 11.1. The van der Waals surface area contributed by atoms with E-state index in [1.807, 2.05) is 19.2 Å². The van der Waals surface area contributed by atoms with Gasteiger partial charge in [-0.25, -0.2) is 0 Å². The maximum Gasteiger partial charge on any atom is 0.240 e.